The van der Waals surface area contributed by atoms with Gasteiger partial charge in [-0.2, -0.15) is 0 Å². The molecule has 0 aromatic heterocycles. The molecule has 0 aliphatic carbocycles. The van der Waals surface area contributed by atoms with Gasteiger partial charge in [-0.1, -0.05) is 133 Å². The van der Waals surface area contributed by atoms with Crippen molar-refractivity contribution in [3.63, 3.8) is 0 Å². The van der Waals surface area contributed by atoms with Crippen molar-refractivity contribution in [1.29, 1.82) is 0 Å². The van der Waals surface area contributed by atoms with Gasteiger partial charge >= 0.3 is 0 Å². The summed E-state index contributed by atoms with van der Waals surface area (Å²) in [7, 11) is 0. The van der Waals surface area contributed by atoms with Gasteiger partial charge in [0.05, 0.1) is 0 Å². The Hall–Kier alpha value is -5.56. The topological polar surface area (TPSA) is 0 Å². The molecule has 0 aliphatic heterocycles. The maximum Gasteiger partial charge on any atom is 0.0249 e. The lowest BCUT2D eigenvalue weighted by Crippen LogP contribution is -1.82. The Kier molecular flexibility index (Phi) is 7.35. The summed E-state index contributed by atoms with van der Waals surface area (Å²) in [6, 6.07) is 54.4. The second kappa shape index (κ2) is 11.9. The van der Waals surface area contributed by atoms with Crippen LogP contribution in [0.3, 0.4) is 0 Å². The van der Waals surface area contributed by atoms with Gasteiger partial charge in [0.1, 0.15) is 0 Å². The highest BCUT2D eigenvalue weighted by Gasteiger charge is 2.00. The standard InChI is InChI=1S/C40H26/c1-3-7-35(8-4-1)37-23-15-31(16-24-37)11-13-33-19-27-39(28-20-33)40-29-21-34(22-30-40)14-12-32-17-25-38(26-18-32)36-9-5-2-6-10-36/h1-10,15-30H. The van der Waals surface area contributed by atoms with E-state index >= 15 is 0 Å². The van der Waals surface area contributed by atoms with E-state index in [1.54, 1.807) is 0 Å². The highest BCUT2D eigenvalue weighted by atomic mass is 14.0. The van der Waals surface area contributed by atoms with Crippen LogP contribution in [0.25, 0.3) is 33.4 Å². The Bertz CT molecular complexity index is 1680. The molecule has 0 aliphatic rings. The third kappa shape index (κ3) is 6.11. The molecule has 0 nitrogen and oxygen atoms in total. The van der Waals surface area contributed by atoms with E-state index < -0.39 is 0 Å². The maximum absolute atomic E-state index is 3.28. The number of benzene rings is 6. The Balaban J connectivity index is 1.09. The second-order valence-electron chi connectivity index (χ2n) is 9.54. The first-order valence-corrected chi connectivity index (χ1v) is 13.4. The van der Waals surface area contributed by atoms with Crippen molar-refractivity contribution in [2.75, 3.05) is 0 Å². The lowest BCUT2D eigenvalue weighted by molar-refractivity contribution is 1.57. The van der Waals surface area contributed by atoms with Gasteiger partial charge in [-0.3, -0.25) is 0 Å². The van der Waals surface area contributed by atoms with Crippen molar-refractivity contribution >= 4 is 0 Å². The van der Waals surface area contributed by atoms with E-state index in [1.165, 1.54) is 22.3 Å². The highest BCUT2D eigenvalue weighted by molar-refractivity contribution is 5.67. The van der Waals surface area contributed by atoms with Gasteiger partial charge in [-0.25, -0.2) is 0 Å². The predicted molar refractivity (Wildman–Crippen MR) is 168 cm³/mol. The van der Waals surface area contributed by atoms with E-state index in [4.69, 9.17) is 0 Å². The van der Waals surface area contributed by atoms with Crippen molar-refractivity contribution in [3.8, 4) is 57.1 Å². The molecule has 0 heteroatoms. The molecule has 6 rings (SSSR count). The van der Waals surface area contributed by atoms with Crippen LogP contribution in [0.1, 0.15) is 22.3 Å². The third-order valence-corrected chi connectivity index (χ3v) is 6.79. The van der Waals surface area contributed by atoms with Crippen molar-refractivity contribution in [3.05, 3.63) is 180 Å². The molecule has 0 amide bonds. The minimum absolute atomic E-state index is 0.997. The molecule has 0 fully saturated rings. The molecular formula is C40H26. The minimum atomic E-state index is 0.997. The SMILES string of the molecule is C(#Cc1ccc(-c2ccc(C#Cc3ccc(-c4ccccc4)cc3)cc2)cc1)c1ccc(-c2ccccc2)cc1. The van der Waals surface area contributed by atoms with E-state index in [0.717, 1.165) is 33.4 Å². The first-order valence-electron chi connectivity index (χ1n) is 13.4. The quantitative estimate of drug-likeness (QED) is 0.210. The summed E-state index contributed by atoms with van der Waals surface area (Å²) < 4.78 is 0. The van der Waals surface area contributed by atoms with Crippen molar-refractivity contribution < 1.29 is 0 Å². The van der Waals surface area contributed by atoms with Gasteiger partial charge in [0.15, 0.2) is 0 Å². The van der Waals surface area contributed by atoms with E-state index in [-0.39, 0.29) is 0 Å². The van der Waals surface area contributed by atoms with Crippen molar-refractivity contribution in [1.82, 2.24) is 0 Å². The second-order valence-corrected chi connectivity index (χ2v) is 9.54. The fourth-order valence-electron chi connectivity index (χ4n) is 4.53. The van der Waals surface area contributed by atoms with E-state index in [2.05, 4.69) is 169 Å². The minimum Gasteiger partial charge on any atom is -0.0622 e. The summed E-state index contributed by atoms with van der Waals surface area (Å²) in [5, 5.41) is 0. The van der Waals surface area contributed by atoms with Crippen LogP contribution in [-0.2, 0) is 0 Å². The van der Waals surface area contributed by atoms with Gasteiger partial charge in [0.25, 0.3) is 0 Å². The van der Waals surface area contributed by atoms with E-state index in [9.17, 15) is 0 Å². The summed E-state index contributed by atoms with van der Waals surface area (Å²) in [6.07, 6.45) is 0. The average molecular weight is 507 g/mol. The highest BCUT2D eigenvalue weighted by Crippen LogP contribution is 2.22. The number of hydrogen-bond acceptors (Lipinski definition) is 0. The van der Waals surface area contributed by atoms with Crippen LogP contribution in [-0.4, -0.2) is 0 Å². The average Bonchev–Trinajstić information content (AvgIpc) is 3.05. The zero-order valence-corrected chi connectivity index (χ0v) is 22.0. The zero-order chi connectivity index (χ0) is 27.0. The molecule has 0 N–H and O–H groups in total. The van der Waals surface area contributed by atoms with Crippen LogP contribution < -0.4 is 0 Å². The van der Waals surface area contributed by atoms with Gasteiger partial charge < -0.3 is 0 Å². The Labute approximate surface area is 236 Å². The molecule has 6 aromatic carbocycles. The zero-order valence-electron chi connectivity index (χ0n) is 22.0. The van der Waals surface area contributed by atoms with Gasteiger partial charge in [-0.05, 0) is 81.9 Å². The van der Waals surface area contributed by atoms with Crippen LogP contribution in [0.5, 0.6) is 0 Å². The van der Waals surface area contributed by atoms with Crippen molar-refractivity contribution in [2.45, 2.75) is 0 Å². The molecule has 0 saturated carbocycles. The summed E-state index contributed by atoms with van der Waals surface area (Å²) >= 11 is 0. The molecule has 0 atom stereocenters. The molecule has 40 heavy (non-hydrogen) atoms. The lowest BCUT2D eigenvalue weighted by Gasteiger charge is -2.02. The molecule has 0 saturated heterocycles. The van der Waals surface area contributed by atoms with E-state index in [1.807, 2.05) is 12.1 Å². The lowest BCUT2D eigenvalue weighted by atomic mass is 10.0. The van der Waals surface area contributed by atoms with Crippen LogP contribution >= 0.6 is 0 Å². The first kappa shape index (κ1) is 24.8. The monoisotopic (exact) mass is 506 g/mol. The van der Waals surface area contributed by atoms with E-state index in [0.29, 0.717) is 0 Å². The normalized spacial score (nSPS) is 10.1. The van der Waals surface area contributed by atoms with Crippen LogP contribution in [0, 0.1) is 23.7 Å². The third-order valence-electron chi connectivity index (χ3n) is 6.79. The fourth-order valence-corrected chi connectivity index (χ4v) is 4.53. The summed E-state index contributed by atoms with van der Waals surface area (Å²) in [6.45, 7) is 0. The Morgan fingerprint density at radius 3 is 0.625 bits per heavy atom. The summed E-state index contributed by atoms with van der Waals surface area (Å²) in [5.74, 6) is 13.1. The predicted octanol–water partition coefficient (Wildman–Crippen LogP) is 9.49. The summed E-state index contributed by atoms with van der Waals surface area (Å²) in [4.78, 5) is 0. The molecule has 0 heterocycles. The van der Waals surface area contributed by atoms with Crippen LogP contribution in [0.4, 0.5) is 0 Å². The maximum atomic E-state index is 3.28. The van der Waals surface area contributed by atoms with Crippen LogP contribution in [0.15, 0.2) is 158 Å². The fraction of sp³-hybridized carbons (Fsp3) is 0. The summed E-state index contributed by atoms with van der Waals surface area (Å²) in [5.41, 5.74) is 11.2. The van der Waals surface area contributed by atoms with Crippen molar-refractivity contribution in [2.24, 2.45) is 0 Å². The molecular weight excluding hydrogens is 480 g/mol. The molecule has 6 aromatic rings. The number of hydrogen-bond donors (Lipinski definition) is 0. The molecule has 0 radical (unpaired) electrons. The largest absolute Gasteiger partial charge is 0.0622 e. The molecule has 186 valence electrons. The first-order chi connectivity index (χ1) is 19.8. The Morgan fingerprint density at radius 1 is 0.200 bits per heavy atom. The van der Waals surface area contributed by atoms with Gasteiger partial charge in [0, 0.05) is 22.3 Å². The van der Waals surface area contributed by atoms with Gasteiger partial charge in [0.2, 0.25) is 0 Å². The molecule has 0 bridgehead atoms. The smallest absolute Gasteiger partial charge is 0.0249 e. The molecule has 0 spiro atoms. The number of rotatable bonds is 3. The molecule has 0 unspecified atom stereocenters. The van der Waals surface area contributed by atoms with Gasteiger partial charge in [-0.15, -0.1) is 0 Å². The Morgan fingerprint density at radius 2 is 0.400 bits per heavy atom. The van der Waals surface area contributed by atoms with Crippen LogP contribution in [0.2, 0.25) is 0 Å².